The van der Waals surface area contributed by atoms with Gasteiger partial charge in [-0.05, 0) is 33.1 Å². The van der Waals surface area contributed by atoms with E-state index in [1.807, 2.05) is 13.8 Å². The third-order valence-corrected chi connectivity index (χ3v) is 1.48. The van der Waals surface area contributed by atoms with Crippen LogP contribution in [0.1, 0.15) is 41.0 Å². The highest BCUT2D eigenvalue weighted by molar-refractivity contribution is 5.88. The van der Waals surface area contributed by atoms with Crippen molar-refractivity contribution in [2.45, 2.75) is 46.6 Å². The second-order valence-corrected chi connectivity index (χ2v) is 4.85. The normalized spacial score (nSPS) is 12.9. The molecule has 0 amide bonds. The third kappa shape index (κ3) is 6.96. The Labute approximate surface area is 90.8 Å². The van der Waals surface area contributed by atoms with Crippen LogP contribution in [0.2, 0.25) is 0 Å². The van der Waals surface area contributed by atoms with E-state index in [9.17, 15) is 4.79 Å². The van der Waals surface area contributed by atoms with Gasteiger partial charge in [0.15, 0.2) is 0 Å². The van der Waals surface area contributed by atoms with Crippen molar-refractivity contribution in [3.8, 4) is 0 Å². The molecule has 0 saturated heterocycles. The van der Waals surface area contributed by atoms with Crippen molar-refractivity contribution in [2.75, 3.05) is 0 Å². The number of hydrogen-bond donors (Lipinski definition) is 1. The molecule has 0 atom stereocenters. The van der Waals surface area contributed by atoms with Crippen LogP contribution in [-0.4, -0.2) is 16.8 Å². The first kappa shape index (κ1) is 14.0. The SMILES string of the molecule is CC(C)CC(=COO)C(=O)OC(C)(C)C. The van der Waals surface area contributed by atoms with E-state index in [0.29, 0.717) is 17.9 Å². The fraction of sp³-hybridized carbons (Fsp3) is 0.727. The van der Waals surface area contributed by atoms with E-state index in [1.165, 1.54) is 0 Å². The molecule has 0 aliphatic carbocycles. The van der Waals surface area contributed by atoms with E-state index in [2.05, 4.69) is 4.89 Å². The molecule has 0 spiro atoms. The van der Waals surface area contributed by atoms with Crippen LogP contribution in [0.3, 0.4) is 0 Å². The average molecular weight is 216 g/mol. The molecule has 0 fully saturated rings. The lowest BCUT2D eigenvalue weighted by Crippen LogP contribution is -2.25. The van der Waals surface area contributed by atoms with E-state index in [0.717, 1.165) is 6.26 Å². The maximum absolute atomic E-state index is 11.6. The molecule has 0 radical (unpaired) electrons. The molecular formula is C11H20O4. The fourth-order valence-corrected chi connectivity index (χ4v) is 1.03. The van der Waals surface area contributed by atoms with E-state index in [-0.39, 0.29) is 0 Å². The Bertz CT molecular complexity index is 235. The highest BCUT2D eigenvalue weighted by atomic mass is 17.1. The first-order chi connectivity index (χ1) is 6.76. The predicted molar refractivity (Wildman–Crippen MR) is 57.1 cm³/mol. The van der Waals surface area contributed by atoms with Crippen molar-refractivity contribution in [1.82, 2.24) is 0 Å². The van der Waals surface area contributed by atoms with Crippen molar-refractivity contribution in [1.29, 1.82) is 0 Å². The van der Waals surface area contributed by atoms with Gasteiger partial charge in [0.25, 0.3) is 0 Å². The fourth-order valence-electron chi connectivity index (χ4n) is 1.03. The Kier molecular flexibility index (Phi) is 5.36. The number of rotatable bonds is 4. The Morgan fingerprint density at radius 1 is 1.40 bits per heavy atom. The molecule has 88 valence electrons. The zero-order valence-corrected chi connectivity index (χ0v) is 10.0. The minimum Gasteiger partial charge on any atom is -0.457 e. The van der Waals surface area contributed by atoms with Crippen molar-refractivity contribution in [3.63, 3.8) is 0 Å². The summed E-state index contributed by atoms with van der Waals surface area (Å²) >= 11 is 0. The quantitative estimate of drug-likeness (QED) is 0.258. The summed E-state index contributed by atoms with van der Waals surface area (Å²) < 4.78 is 5.15. The highest BCUT2D eigenvalue weighted by Crippen LogP contribution is 2.16. The number of carbonyl (C=O) groups excluding carboxylic acids is 1. The molecule has 15 heavy (non-hydrogen) atoms. The lowest BCUT2D eigenvalue weighted by molar-refractivity contribution is -0.189. The standard InChI is InChI=1S/C11H20O4/c1-8(2)6-9(7-14-13)10(12)15-11(3,4)5/h7-8,13H,6H2,1-5H3. The van der Waals surface area contributed by atoms with Crippen molar-refractivity contribution in [3.05, 3.63) is 11.8 Å². The van der Waals surface area contributed by atoms with Gasteiger partial charge in [-0.25, -0.2) is 10.1 Å². The minimum absolute atomic E-state index is 0.291. The maximum atomic E-state index is 11.6. The average Bonchev–Trinajstić information content (AvgIpc) is 1.99. The van der Waals surface area contributed by atoms with Crippen LogP contribution in [0, 0.1) is 5.92 Å². The lowest BCUT2D eigenvalue weighted by atomic mass is 10.0. The Hall–Kier alpha value is -1.03. The topological polar surface area (TPSA) is 55.8 Å². The van der Waals surface area contributed by atoms with Crippen molar-refractivity contribution in [2.24, 2.45) is 5.92 Å². The van der Waals surface area contributed by atoms with Crippen LogP contribution >= 0.6 is 0 Å². The second-order valence-electron chi connectivity index (χ2n) is 4.85. The Morgan fingerprint density at radius 2 is 1.93 bits per heavy atom. The molecule has 0 unspecified atom stereocenters. The van der Waals surface area contributed by atoms with Gasteiger partial charge in [0, 0.05) is 0 Å². The number of hydrogen-bond acceptors (Lipinski definition) is 4. The largest absolute Gasteiger partial charge is 0.457 e. The molecule has 0 aromatic carbocycles. The molecule has 4 heteroatoms. The Balaban J connectivity index is 4.51. The van der Waals surface area contributed by atoms with Gasteiger partial charge in [-0.2, -0.15) is 0 Å². The number of ether oxygens (including phenoxy) is 1. The molecule has 0 aliphatic heterocycles. The van der Waals surface area contributed by atoms with Crippen LogP contribution in [0.5, 0.6) is 0 Å². The van der Waals surface area contributed by atoms with Crippen LogP contribution in [0.15, 0.2) is 11.8 Å². The van der Waals surface area contributed by atoms with Crippen molar-refractivity contribution < 1.29 is 19.7 Å². The van der Waals surface area contributed by atoms with Gasteiger partial charge in [-0.1, -0.05) is 13.8 Å². The highest BCUT2D eigenvalue weighted by Gasteiger charge is 2.20. The summed E-state index contributed by atoms with van der Waals surface area (Å²) in [4.78, 5) is 15.5. The zero-order valence-electron chi connectivity index (χ0n) is 10.0. The van der Waals surface area contributed by atoms with Gasteiger partial charge in [-0.3, -0.25) is 0 Å². The van der Waals surface area contributed by atoms with Crippen molar-refractivity contribution >= 4 is 5.97 Å². The number of esters is 1. The lowest BCUT2D eigenvalue weighted by Gasteiger charge is -2.20. The van der Waals surface area contributed by atoms with E-state index < -0.39 is 11.6 Å². The van der Waals surface area contributed by atoms with Gasteiger partial charge >= 0.3 is 5.97 Å². The van der Waals surface area contributed by atoms with Crippen LogP contribution in [0.4, 0.5) is 0 Å². The first-order valence-corrected chi connectivity index (χ1v) is 4.99. The van der Waals surface area contributed by atoms with E-state index in [4.69, 9.17) is 9.99 Å². The molecule has 0 aliphatic rings. The maximum Gasteiger partial charge on any atom is 0.337 e. The minimum atomic E-state index is -0.539. The second kappa shape index (κ2) is 5.75. The summed E-state index contributed by atoms with van der Waals surface area (Å²) in [5.74, 6) is -0.163. The molecule has 0 aromatic heterocycles. The number of carbonyl (C=O) groups is 1. The van der Waals surface area contributed by atoms with Gasteiger partial charge in [-0.15, -0.1) is 0 Å². The monoisotopic (exact) mass is 216 g/mol. The molecule has 4 nitrogen and oxygen atoms in total. The molecule has 0 saturated carbocycles. The molecule has 1 N–H and O–H groups in total. The summed E-state index contributed by atoms with van der Waals surface area (Å²) in [5.41, 5.74) is -0.204. The summed E-state index contributed by atoms with van der Waals surface area (Å²) in [6, 6.07) is 0. The third-order valence-electron chi connectivity index (χ3n) is 1.48. The molecular weight excluding hydrogens is 196 g/mol. The molecule has 0 rings (SSSR count). The van der Waals surface area contributed by atoms with Gasteiger partial charge < -0.3 is 9.62 Å². The van der Waals surface area contributed by atoms with Gasteiger partial charge in [0.2, 0.25) is 0 Å². The van der Waals surface area contributed by atoms with Crippen LogP contribution < -0.4 is 0 Å². The summed E-state index contributed by atoms with van der Waals surface area (Å²) in [5, 5.41) is 8.31. The zero-order chi connectivity index (χ0) is 12.1. The predicted octanol–water partition coefficient (Wildman–Crippen LogP) is 2.75. The van der Waals surface area contributed by atoms with E-state index in [1.54, 1.807) is 20.8 Å². The smallest absolute Gasteiger partial charge is 0.337 e. The van der Waals surface area contributed by atoms with Gasteiger partial charge in [0.05, 0.1) is 5.57 Å². The first-order valence-electron chi connectivity index (χ1n) is 4.99. The van der Waals surface area contributed by atoms with Crippen LogP contribution in [-0.2, 0) is 14.4 Å². The summed E-state index contributed by atoms with van der Waals surface area (Å²) in [6.07, 6.45) is 1.53. The molecule has 0 bridgehead atoms. The summed E-state index contributed by atoms with van der Waals surface area (Å²) in [7, 11) is 0. The van der Waals surface area contributed by atoms with Gasteiger partial charge in [0.1, 0.15) is 11.9 Å². The molecule has 0 aromatic rings. The van der Waals surface area contributed by atoms with E-state index >= 15 is 0 Å². The van der Waals surface area contributed by atoms with Crippen LogP contribution in [0.25, 0.3) is 0 Å². The summed E-state index contributed by atoms with van der Waals surface area (Å²) in [6.45, 7) is 9.30. The molecule has 0 heterocycles. The Morgan fingerprint density at radius 3 is 2.27 bits per heavy atom.